The van der Waals surface area contributed by atoms with E-state index in [4.69, 9.17) is 9.72 Å². The number of nitrogens with zero attached hydrogens (tertiary/aromatic N) is 3. The number of nitrogens with one attached hydrogen (secondary N) is 1. The molecule has 29 heavy (non-hydrogen) atoms. The Morgan fingerprint density at radius 1 is 1.07 bits per heavy atom. The Bertz CT molecular complexity index is 1210. The topological polar surface area (TPSA) is 52.0 Å². The molecular formula is C23H23FN4O. The highest BCUT2D eigenvalue weighted by Gasteiger charge is 2.20. The fourth-order valence-electron chi connectivity index (χ4n) is 4.30. The first-order chi connectivity index (χ1) is 14.1. The maximum atomic E-state index is 14.9. The zero-order chi connectivity index (χ0) is 20.0. The van der Waals surface area contributed by atoms with Gasteiger partial charge in [-0.15, -0.1) is 0 Å². The van der Waals surface area contributed by atoms with Gasteiger partial charge in [-0.3, -0.25) is 4.68 Å². The highest BCUT2D eigenvalue weighted by molar-refractivity contribution is 5.89. The van der Waals surface area contributed by atoms with E-state index in [1.165, 1.54) is 0 Å². The monoisotopic (exact) mass is 390 g/mol. The smallest absolute Gasteiger partial charge is 0.130 e. The number of ether oxygens (including phenoxy) is 1. The van der Waals surface area contributed by atoms with Gasteiger partial charge < -0.3 is 10.1 Å². The first kappa shape index (κ1) is 18.1. The summed E-state index contributed by atoms with van der Waals surface area (Å²) in [5.41, 5.74) is 3.97. The van der Waals surface area contributed by atoms with Gasteiger partial charge in [0.25, 0.3) is 0 Å². The second-order valence-corrected chi connectivity index (χ2v) is 7.70. The maximum Gasteiger partial charge on any atom is 0.130 e. The number of piperidine rings is 1. The number of benzene rings is 2. The summed E-state index contributed by atoms with van der Waals surface area (Å²) in [6.07, 6.45) is 3.90. The van der Waals surface area contributed by atoms with E-state index >= 15 is 0 Å². The molecule has 4 aromatic rings. The van der Waals surface area contributed by atoms with E-state index in [0.29, 0.717) is 11.3 Å². The number of rotatable bonds is 3. The molecule has 1 fully saturated rings. The van der Waals surface area contributed by atoms with Crippen LogP contribution in [-0.4, -0.2) is 35.0 Å². The predicted octanol–water partition coefficient (Wildman–Crippen LogP) is 4.40. The van der Waals surface area contributed by atoms with Crippen molar-refractivity contribution in [2.75, 3.05) is 20.2 Å². The first-order valence-corrected chi connectivity index (χ1v) is 9.95. The number of hydrogen-bond donors (Lipinski definition) is 1. The fourth-order valence-corrected chi connectivity index (χ4v) is 4.30. The number of pyridine rings is 1. The molecule has 0 atom stereocenters. The number of fused-ring (bicyclic) bond motifs is 2. The highest BCUT2D eigenvalue weighted by atomic mass is 19.1. The van der Waals surface area contributed by atoms with Crippen LogP contribution in [0.4, 0.5) is 4.39 Å². The summed E-state index contributed by atoms with van der Waals surface area (Å²) in [4.78, 5) is 4.76. The summed E-state index contributed by atoms with van der Waals surface area (Å²) >= 11 is 0. The van der Waals surface area contributed by atoms with Crippen molar-refractivity contribution in [1.82, 2.24) is 20.1 Å². The first-order valence-electron chi connectivity index (χ1n) is 9.95. The van der Waals surface area contributed by atoms with Crippen LogP contribution in [-0.2, 0) is 7.05 Å². The van der Waals surface area contributed by atoms with Gasteiger partial charge in [-0.2, -0.15) is 5.10 Å². The lowest BCUT2D eigenvalue weighted by atomic mass is 9.89. The van der Waals surface area contributed by atoms with E-state index in [0.717, 1.165) is 59.0 Å². The standard InChI is InChI=1S/C23H23FN4O/c1-28-13-16-10-18(23(29-2)12-22(16)27-28)20-4-3-15-9-17(14-5-7-25-8-6-14)19(24)11-21(15)26-20/h3-4,9-14,25H,5-8H2,1-2H3. The number of aryl methyl sites for hydroxylation is 1. The number of hydrogen-bond acceptors (Lipinski definition) is 4. The average molecular weight is 390 g/mol. The van der Waals surface area contributed by atoms with Gasteiger partial charge in [-0.25, -0.2) is 9.37 Å². The van der Waals surface area contributed by atoms with Crippen molar-refractivity contribution in [3.05, 3.63) is 54.0 Å². The molecule has 0 unspecified atom stereocenters. The molecule has 1 N–H and O–H groups in total. The predicted molar refractivity (Wildman–Crippen MR) is 113 cm³/mol. The van der Waals surface area contributed by atoms with Crippen LogP contribution in [0.1, 0.15) is 24.3 Å². The summed E-state index contributed by atoms with van der Waals surface area (Å²) in [5, 5.41) is 9.75. The van der Waals surface area contributed by atoms with Crippen molar-refractivity contribution in [1.29, 1.82) is 0 Å². The second-order valence-electron chi connectivity index (χ2n) is 7.70. The molecule has 0 saturated carbocycles. The zero-order valence-corrected chi connectivity index (χ0v) is 16.6. The normalized spacial score (nSPS) is 15.3. The Hall–Kier alpha value is -2.99. The Balaban J connectivity index is 1.60. The molecule has 0 amide bonds. The number of halogens is 1. The van der Waals surface area contributed by atoms with Crippen molar-refractivity contribution in [3.8, 4) is 17.0 Å². The molecule has 0 spiro atoms. The van der Waals surface area contributed by atoms with Crippen LogP contribution in [0.2, 0.25) is 0 Å². The molecule has 0 aliphatic carbocycles. The Labute approximate surface area is 168 Å². The molecule has 5 nitrogen and oxygen atoms in total. The Morgan fingerprint density at radius 2 is 1.90 bits per heavy atom. The lowest BCUT2D eigenvalue weighted by molar-refractivity contribution is 0.417. The van der Waals surface area contributed by atoms with Crippen LogP contribution in [0.3, 0.4) is 0 Å². The molecule has 0 radical (unpaired) electrons. The molecule has 2 aromatic heterocycles. The molecular weight excluding hydrogens is 367 g/mol. The van der Waals surface area contributed by atoms with Crippen LogP contribution in [0.25, 0.3) is 33.1 Å². The highest BCUT2D eigenvalue weighted by Crippen LogP contribution is 2.35. The molecule has 0 bridgehead atoms. The molecule has 6 heteroatoms. The summed E-state index contributed by atoms with van der Waals surface area (Å²) in [6.45, 7) is 1.88. The van der Waals surface area contributed by atoms with Gasteiger partial charge in [0.15, 0.2) is 0 Å². The zero-order valence-electron chi connectivity index (χ0n) is 16.6. The fraction of sp³-hybridized carbons (Fsp3) is 0.304. The minimum Gasteiger partial charge on any atom is -0.496 e. The van der Waals surface area contributed by atoms with Crippen molar-refractivity contribution in [2.45, 2.75) is 18.8 Å². The van der Waals surface area contributed by atoms with E-state index in [1.54, 1.807) is 17.9 Å². The minimum atomic E-state index is -0.163. The molecule has 3 heterocycles. The SMILES string of the molecule is COc1cc2nn(C)cc2cc1-c1ccc2cc(C3CCNCC3)c(F)cc2n1. The van der Waals surface area contributed by atoms with Crippen molar-refractivity contribution in [2.24, 2.45) is 7.05 Å². The quantitative estimate of drug-likeness (QED) is 0.563. The third kappa shape index (κ3) is 3.23. The Kier molecular flexibility index (Phi) is 4.43. The van der Waals surface area contributed by atoms with Gasteiger partial charge in [0.05, 0.1) is 23.8 Å². The average Bonchev–Trinajstić information content (AvgIpc) is 3.11. The second kappa shape index (κ2) is 7.12. The molecule has 1 saturated heterocycles. The third-order valence-electron chi connectivity index (χ3n) is 5.80. The molecule has 5 rings (SSSR count). The number of methoxy groups -OCH3 is 1. The summed E-state index contributed by atoms with van der Waals surface area (Å²) in [7, 11) is 3.53. The van der Waals surface area contributed by atoms with Gasteiger partial charge in [0.2, 0.25) is 0 Å². The van der Waals surface area contributed by atoms with Gasteiger partial charge in [-0.05, 0) is 55.6 Å². The van der Waals surface area contributed by atoms with E-state index < -0.39 is 0 Å². The van der Waals surface area contributed by atoms with Crippen LogP contribution in [0.15, 0.2) is 42.6 Å². The molecule has 2 aromatic carbocycles. The van der Waals surface area contributed by atoms with Crippen LogP contribution in [0, 0.1) is 5.82 Å². The van der Waals surface area contributed by atoms with E-state index in [9.17, 15) is 4.39 Å². The summed E-state index contributed by atoms with van der Waals surface area (Å²) in [6, 6.07) is 11.5. The maximum absolute atomic E-state index is 14.9. The third-order valence-corrected chi connectivity index (χ3v) is 5.80. The van der Waals surface area contributed by atoms with Crippen molar-refractivity contribution < 1.29 is 9.13 Å². The van der Waals surface area contributed by atoms with Gasteiger partial charge in [0.1, 0.15) is 11.6 Å². The lowest BCUT2D eigenvalue weighted by Gasteiger charge is -2.23. The van der Waals surface area contributed by atoms with Crippen molar-refractivity contribution in [3.63, 3.8) is 0 Å². The van der Waals surface area contributed by atoms with Gasteiger partial charge in [0, 0.05) is 41.7 Å². The van der Waals surface area contributed by atoms with Gasteiger partial charge in [-0.1, -0.05) is 6.07 Å². The lowest BCUT2D eigenvalue weighted by Crippen LogP contribution is -2.27. The van der Waals surface area contributed by atoms with Crippen LogP contribution < -0.4 is 10.1 Å². The minimum absolute atomic E-state index is 0.163. The van der Waals surface area contributed by atoms with E-state index in [-0.39, 0.29) is 11.7 Å². The molecule has 1 aliphatic heterocycles. The number of aromatic nitrogens is 3. The van der Waals surface area contributed by atoms with E-state index in [2.05, 4.69) is 10.4 Å². The summed E-state index contributed by atoms with van der Waals surface area (Å²) < 4.78 is 22.3. The summed E-state index contributed by atoms with van der Waals surface area (Å²) in [5.74, 6) is 0.812. The largest absolute Gasteiger partial charge is 0.496 e. The molecule has 1 aliphatic rings. The van der Waals surface area contributed by atoms with Crippen molar-refractivity contribution >= 4 is 21.8 Å². The van der Waals surface area contributed by atoms with Crippen LogP contribution >= 0.6 is 0 Å². The van der Waals surface area contributed by atoms with E-state index in [1.807, 2.05) is 43.6 Å². The van der Waals surface area contributed by atoms with Crippen LogP contribution in [0.5, 0.6) is 5.75 Å². The molecule has 148 valence electrons. The Morgan fingerprint density at radius 3 is 2.69 bits per heavy atom. The van der Waals surface area contributed by atoms with Gasteiger partial charge >= 0.3 is 0 Å².